The van der Waals surface area contributed by atoms with E-state index in [9.17, 15) is 4.79 Å². The molecule has 0 saturated carbocycles. The van der Waals surface area contributed by atoms with E-state index in [1.807, 2.05) is 42.5 Å². The van der Waals surface area contributed by atoms with Crippen molar-refractivity contribution in [2.75, 3.05) is 0 Å². The van der Waals surface area contributed by atoms with Crippen LogP contribution in [0.25, 0.3) is 21.9 Å². The van der Waals surface area contributed by atoms with Crippen molar-refractivity contribution in [3.05, 3.63) is 71.2 Å². The molecule has 0 aliphatic carbocycles. The predicted molar refractivity (Wildman–Crippen MR) is 81.4 cm³/mol. The minimum Gasteiger partial charge on any atom is -0.478 e. The van der Waals surface area contributed by atoms with Crippen LogP contribution in [0.15, 0.2) is 60.7 Å². The summed E-state index contributed by atoms with van der Waals surface area (Å²) >= 11 is 6.25. The Bertz CT molecular complexity index is 804. The minimum absolute atomic E-state index is 0.194. The lowest BCUT2D eigenvalue weighted by Gasteiger charge is -2.09. The number of benzene rings is 3. The SMILES string of the molecule is O=C(O)c1ccc(-c2cccc3ccccc23)c(Cl)c1. The Morgan fingerprint density at radius 2 is 1.65 bits per heavy atom. The van der Waals surface area contributed by atoms with Gasteiger partial charge in [-0.1, -0.05) is 60.1 Å². The standard InChI is InChI=1S/C17H11ClO2/c18-16-10-12(17(19)20)8-9-15(16)14-7-3-5-11-4-1-2-6-13(11)14/h1-10H,(H,19,20). The lowest BCUT2D eigenvalue weighted by Crippen LogP contribution is -1.96. The molecule has 0 atom stereocenters. The Hall–Kier alpha value is -2.32. The third-order valence-electron chi connectivity index (χ3n) is 3.30. The summed E-state index contributed by atoms with van der Waals surface area (Å²) in [6.07, 6.45) is 0. The van der Waals surface area contributed by atoms with E-state index in [4.69, 9.17) is 16.7 Å². The van der Waals surface area contributed by atoms with Gasteiger partial charge in [0, 0.05) is 10.6 Å². The molecule has 3 aromatic carbocycles. The average molecular weight is 283 g/mol. The predicted octanol–water partition coefficient (Wildman–Crippen LogP) is 4.86. The number of hydrogen-bond donors (Lipinski definition) is 1. The fraction of sp³-hybridized carbons (Fsp3) is 0. The number of carbonyl (C=O) groups is 1. The van der Waals surface area contributed by atoms with Crippen LogP contribution in [0, 0.1) is 0 Å². The summed E-state index contributed by atoms with van der Waals surface area (Å²) in [5.74, 6) is -0.976. The first kappa shape index (κ1) is 12.7. The fourth-order valence-corrected chi connectivity index (χ4v) is 2.61. The molecule has 0 spiro atoms. The van der Waals surface area contributed by atoms with Gasteiger partial charge in [0.15, 0.2) is 0 Å². The van der Waals surface area contributed by atoms with Crippen LogP contribution in [0.4, 0.5) is 0 Å². The summed E-state index contributed by atoms with van der Waals surface area (Å²) in [7, 11) is 0. The van der Waals surface area contributed by atoms with E-state index >= 15 is 0 Å². The second-order valence-corrected chi connectivity index (χ2v) is 4.93. The Balaban J connectivity index is 2.23. The molecule has 0 unspecified atom stereocenters. The molecule has 0 heterocycles. The van der Waals surface area contributed by atoms with Gasteiger partial charge in [0.25, 0.3) is 0 Å². The summed E-state index contributed by atoms with van der Waals surface area (Å²) < 4.78 is 0. The van der Waals surface area contributed by atoms with Gasteiger partial charge in [-0.3, -0.25) is 0 Å². The number of aromatic carboxylic acids is 1. The van der Waals surface area contributed by atoms with Gasteiger partial charge < -0.3 is 5.11 Å². The van der Waals surface area contributed by atoms with E-state index in [1.54, 1.807) is 12.1 Å². The van der Waals surface area contributed by atoms with E-state index < -0.39 is 5.97 Å². The molecule has 3 heteroatoms. The van der Waals surface area contributed by atoms with Crippen molar-refractivity contribution in [2.24, 2.45) is 0 Å². The second kappa shape index (κ2) is 4.99. The maximum Gasteiger partial charge on any atom is 0.335 e. The molecule has 0 bridgehead atoms. The summed E-state index contributed by atoms with van der Waals surface area (Å²) in [5, 5.41) is 11.7. The van der Waals surface area contributed by atoms with E-state index in [0.717, 1.165) is 21.9 Å². The zero-order valence-electron chi connectivity index (χ0n) is 10.5. The maximum atomic E-state index is 11.0. The van der Waals surface area contributed by atoms with Gasteiger partial charge >= 0.3 is 5.97 Å². The van der Waals surface area contributed by atoms with Crippen LogP contribution < -0.4 is 0 Å². The van der Waals surface area contributed by atoms with Crippen molar-refractivity contribution in [3.63, 3.8) is 0 Å². The third kappa shape index (κ3) is 2.15. The molecule has 3 rings (SSSR count). The van der Waals surface area contributed by atoms with E-state index in [2.05, 4.69) is 0 Å². The topological polar surface area (TPSA) is 37.3 Å². The smallest absolute Gasteiger partial charge is 0.335 e. The number of halogens is 1. The van der Waals surface area contributed by atoms with Crippen molar-refractivity contribution in [1.82, 2.24) is 0 Å². The van der Waals surface area contributed by atoms with Crippen LogP contribution >= 0.6 is 11.6 Å². The second-order valence-electron chi connectivity index (χ2n) is 4.53. The number of hydrogen-bond acceptors (Lipinski definition) is 1. The van der Waals surface area contributed by atoms with Gasteiger partial charge in [-0.25, -0.2) is 4.79 Å². The van der Waals surface area contributed by atoms with Crippen molar-refractivity contribution in [1.29, 1.82) is 0 Å². The Kier molecular flexibility index (Phi) is 3.17. The molecular formula is C17H11ClO2. The largest absolute Gasteiger partial charge is 0.478 e. The van der Waals surface area contributed by atoms with E-state index in [1.165, 1.54) is 6.07 Å². The first-order valence-electron chi connectivity index (χ1n) is 6.18. The zero-order valence-corrected chi connectivity index (χ0v) is 11.3. The quantitative estimate of drug-likeness (QED) is 0.729. The Morgan fingerprint density at radius 3 is 2.40 bits per heavy atom. The molecule has 0 aliphatic heterocycles. The summed E-state index contributed by atoms with van der Waals surface area (Å²) in [6, 6.07) is 18.9. The first-order valence-corrected chi connectivity index (χ1v) is 6.55. The molecule has 0 fully saturated rings. The highest BCUT2D eigenvalue weighted by Crippen LogP contribution is 2.33. The molecule has 0 radical (unpaired) electrons. The first-order chi connectivity index (χ1) is 9.66. The van der Waals surface area contributed by atoms with Gasteiger partial charge in [-0.15, -0.1) is 0 Å². The highest BCUT2D eigenvalue weighted by atomic mass is 35.5. The molecule has 0 aliphatic rings. The normalized spacial score (nSPS) is 10.7. The van der Waals surface area contributed by atoms with Gasteiger partial charge in [-0.05, 0) is 28.5 Å². The number of fused-ring (bicyclic) bond motifs is 1. The molecule has 98 valence electrons. The van der Waals surface area contributed by atoms with Gasteiger partial charge in [0.05, 0.1) is 5.56 Å². The van der Waals surface area contributed by atoms with Gasteiger partial charge in [0.2, 0.25) is 0 Å². The summed E-state index contributed by atoms with van der Waals surface area (Å²) in [6.45, 7) is 0. The van der Waals surface area contributed by atoms with E-state index in [-0.39, 0.29) is 5.56 Å². The van der Waals surface area contributed by atoms with Crippen molar-refractivity contribution < 1.29 is 9.90 Å². The molecule has 0 amide bonds. The number of rotatable bonds is 2. The van der Waals surface area contributed by atoms with Crippen molar-refractivity contribution in [3.8, 4) is 11.1 Å². The highest BCUT2D eigenvalue weighted by molar-refractivity contribution is 6.34. The molecule has 1 N–H and O–H groups in total. The Morgan fingerprint density at radius 1 is 0.900 bits per heavy atom. The minimum atomic E-state index is -0.976. The lowest BCUT2D eigenvalue weighted by molar-refractivity contribution is 0.0697. The molecule has 0 saturated heterocycles. The molecule has 20 heavy (non-hydrogen) atoms. The Labute approximate surface area is 121 Å². The van der Waals surface area contributed by atoms with Gasteiger partial charge in [-0.2, -0.15) is 0 Å². The fourth-order valence-electron chi connectivity index (χ4n) is 2.33. The molecule has 3 aromatic rings. The third-order valence-corrected chi connectivity index (χ3v) is 3.61. The van der Waals surface area contributed by atoms with Gasteiger partial charge in [0.1, 0.15) is 0 Å². The maximum absolute atomic E-state index is 11.0. The van der Waals surface area contributed by atoms with Crippen LogP contribution in [0.3, 0.4) is 0 Å². The van der Waals surface area contributed by atoms with Crippen molar-refractivity contribution in [2.45, 2.75) is 0 Å². The number of carboxylic acid groups (broad SMARTS) is 1. The highest BCUT2D eigenvalue weighted by Gasteiger charge is 2.10. The van der Waals surface area contributed by atoms with Crippen LogP contribution in [-0.2, 0) is 0 Å². The summed E-state index contributed by atoms with van der Waals surface area (Å²) in [5.41, 5.74) is 2.04. The van der Waals surface area contributed by atoms with Crippen LogP contribution in [0.5, 0.6) is 0 Å². The molecule has 2 nitrogen and oxygen atoms in total. The van der Waals surface area contributed by atoms with E-state index in [0.29, 0.717) is 5.02 Å². The van der Waals surface area contributed by atoms with Crippen LogP contribution in [0.2, 0.25) is 5.02 Å². The zero-order chi connectivity index (χ0) is 14.1. The lowest BCUT2D eigenvalue weighted by atomic mass is 9.97. The van der Waals surface area contributed by atoms with Crippen LogP contribution in [-0.4, -0.2) is 11.1 Å². The van der Waals surface area contributed by atoms with Crippen LogP contribution in [0.1, 0.15) is 10.4 Å². The molecule has 0 aromatic heterocycles. The molecular weight excluding hydrogens is 272 g/mol. The summed E-state index contributed by atoms with van der Waals surface area (Å²) in [4.78, 5) is 11.0. The monoisotopic (exact) mass is 282 g/mol. The number of carboxylic acids is 1. The average Bonchev–Trinajstić information content (AvgIpc) is 2.46. The van der Waals surface area contributed by atoms with Crippen molar-refractivity contribution >= 4 is 28.3 Å².